The van der Waals surface area contributed by atoms with Gasteiger partial charge >= 0.3 is 0 Å². The molecule has 0 aliphatic rings. The topological polar surface area (TPSA) is 96.5 Å². The maximum atomic E-state index is 12.0. The van der Waals surface area contributed by atoms with Crippen LogP contribution < -0.4 is 16.0 Å². The molecule has 0 radical (unpaired) electrons. The van der Waals surface area contributed by atoms with Crippen molar-refractivity contribution in [2.45, 2.75) is 33.7 Å². The summed E-state index contributed by atoms with van der Waals surface area (Å²) in [7, 11) is 1.74. The van der Waals surface area contributed by atoms with Crippen LogP contribution in [0, 0.1) is 20.8 Å². The lowest BCUT2D eigenvalue weighted by atomic mass is 10.1. The van der Waals surface area contributed by atoms with Gasteiger partial charge in [0.25, 0.3) is 5.91 Å². The van der Waals surface area contributed by atoms with Gasteiger partial charge in [-0.1, -0.05) is 18.2 Å². The largest absolute Gasteiger partial charge is 0.459 e. The van der Waals surface area contributed by atoms with E-state index in [1.807, 2.05) is 30.7 Å². The van der Waals surface area contributed by atoms with Crippen molar-refractivity contribution < 1.29 is 9.21 Å². The molecule has 3 rings (SSSR count). The third-order valence-corrected chi connectivity index (χ3v) is 4.90. The van der Waals surface area contributed by atoms with Gasteiger partial charge < -0.3 is 20.4 Å². The third kappa shape index (κ3) is 6.59. The summed E-state index contributed by atoms with van der Waals surface area (Å²) in [5.74, 6) is 0.883. The number of aliphatic imine (C=N–C) groups is 1. The first-order chi connectivity index (χ1) is 15.0. The van der Waals surface area contributed by atoms with Crippen LogP contribution in [0.15, 0.2) is 52.1 Å². The Hall–Kier alpha value is -2.82. The Bertz CT molecular complexity index is 1060. The van der Waals surface area contributed by atoms with E-state index < -0.39 is 0 Å². The van der Waals surface area contributed by atoms with Gasteiger partial charge in [0.2, 0.25) is 0 Å². The zero-order chi connectivity index (χ0) is 22.2. The molecule has 1 aromatic carbocycles. The molecule has 0 saturated heterocycles. The number of halogens is 1. The lowest BCUT2D eigenvalue weighted by molar-refractivity contribution is 0.0925. The van der Waals surface area contributed by atoms with Gasteiger partial charge in [0, 0.05) is 37.9 Å². The van der Waals surface area contributed by atoms with Crippen LogP contribution in [0.25, 0.3) is 5.69 Å². The van der Waals surface area contributed by atoms with Crippen molar-refractivity contribution in [1.82, 2.24) is 25.7 Å². The summed E-state index contributed by atoms with van der Waals surface area (Å²) < 4.78 is 7.16. The zero-order valence-corrected chi connectivity index (χ0v) is 21.3. The minimum atomic E-state index is -0.189. The molecule has 1 amide bonds. The van der Waals surface area contributed by atoms with Crippen molar-refractivity contribution in [3.8, 4) is 5.69 Å². The molecule has 0 bridgehead atoms. The second-order valence-electron chi connectivity index (χ2n) is 7.36. The highest BCUT2D eigenvalue weighted by molar-refractivity contribution is 14.0. The summed E-state index contributed by atoms with van der Waals surface area (Å²) in [5.41, 5.74) is 5.09. The zero-order valence-electron chi connectivity index (χ0n) is 18.9. The van der Waals surface area contributed by atoms with E-state index in [1.54, 1.807) is 13.1 Å². The Morgan fingerprint density at radius 1 is 1.09 bits per heavy atom. The summed E-state index contributed by atoms with van der Waals surface area (Å²) in [4.78, 5) is 16.3. The van der Waals surface area contributed by atoms with Gasteiger partial charge in [-0.15, -0.1) is 24.0 Å². The molecule has 0 aliphatic heterocycles. The number of amides is 1. The molecule has 172 valence electrons. The lowest BCUT2D eigenvalue weighted by Gasteiger charge is -2.15. The van der Waals surface area contributed by atoms with Gasteiger partial charge in [-0.3, -0.25) is 9.79 Å². The fourth-order valence-corrected chi connectivity index (χ4v) is 3.32. The first-order valence-electron chi connectivity index (χ1n) is 10.4. The van der Waals surface area contributed by atoms with Crippen LogP contribution in [0.3, 0.4) is 0 Å². The summed E-state index contributed by atoms with van der Waals surface area (Å²) in [6, 6.07) is 12.0. The first-order valence-corrected chi connectivity index (χ1v) is 10.4. The number of aryl methyl sites for hydroxylation is 3. The number of nitrogens with one attached hydrogen (secondary N) is 3. The van der Waals surface area contributed by atoms with Crippen LogP contribution >= 0.6 is 24.0 Å². The second kappa shape index (κ2) is 12.3. The highest BCUT2D eigenvalue weighted by Crippen LogP contribution is 2.16. The van der Waals surface area contributed by atoms with E-state index in [-0.39, 0.29) is 29.9 Å². The molecule has 3 N–H and O–H groups in total. The summed E-state index contributed by atoms with van der Waals surface area (Å²) >= 11 is 0. The van der Waals surface area contributed by atoms with Crippen molar-refractivity contribution in [3.63, 3.8) is 0 Å². The third-order valence-electron chi connectivity index (χ3n) is 4.90. The average Bonchev–Trinajstić information content (AvgIpc) is 3.34. The maximum absolute atomic E-state index is 12.0. The number of guanidine groups is 1. The standard InChI is InChI=1S/C23H30N6O2.HI/c1-16-10-13-31-21(16)22(30)25-11-7-12-26-23(24-4)27-15-19-8-5-6-9-20(19)29-18(3)14-17(2)28-29;/h5-6,8-10,13-14H,7,11-12,15H2,1-4H3,(H,25,30)(H2,24,26,27);1H. The van der Waals surface area contributed by atoms with Gasteiger partial charge in [0.05, 0.1) is 17.6 Å². The van der Waals surface area contributed by atoms with E-state index in [4.69, 9.17) is 4.42 Å². The minimum Gasteiger partial charge on any atom is -0.459 e. The number of aromatic nitrogens is 2. The Kier molecular flexibility index (Phi) is 9.76. The number of carbonyl (C=O) groups is 1. The molecule has 0 spiro atoms. The molecular weight excluding hydrogens is 519 g/mol. The van der Waals surface area contributed by atoms with Crippen LogP contribution in [0.5, 0.6) is 0 Å². The van der Waals surface area contributed by atoms with Crippen molar-refractivity contribution in [2.24, 2.45) is 4.99 Å². The molecule has 32 heavy (non-hydrogen) atoms. The van der Waals surface area contributed by atoms with Crippen LogP contribution in [0.1, 0.15) is 39.5 Å². The van der Waals surface area contributed by atoms with E-state index in [2.05, 4.69) is 51.2 Å². The summed E-state index contributed by atoms with van der Waals surface area (Å²) in [6.07, 6.45) is 2.28. The number of benzene rings is 1. The molecule has 2 heterocycles. The van der Waals surface area contributed by atoms with E-state index >= 15 is 0 Å². The second-order valence-corrected chi connectivity index (χ2v) is 7.36. The highest BCUT2D eigenvalue weighted by Gasteiger charge is 2.12. The molecule has 3 aromatic rings. The normalized spacial score (nSPS) is 11.1. The van der Waals surface area contributed by atoms with Gasteiger partial charge in [-0.25, -0.2) is 4.68 Å². The van der Waals surface area contributed by atoms with Gasteiger partial charge in [0.15, 0.2) is 11.7 Å². The van der Waals surface area contributed by atoms with Crippen LogP contribution in [-0.4, -0.2) is 41.8 Å². The number of rotatable bonds is 8. The molecule has 0 fully saturated rings. The number of hydrogen-bond donors (Lipinski definition) is 3. The molecule has 2 aromatic heterocycles. The Morgan fingerprint density at radius 2 is 1.84 bits per heavy atom. The number of nitrogens with zero attached hydrogens (tertiary/aromatic N) is 3. The van der Waals surface area contributed by atoms with E-state index in [9.17, 15) is 4.79 Å². The average molecular weight is 550 g/mol. The minimum absolute atomic E-state index is 0. The molecule has 0 atom stereocenters. The Balaban J connectivity index is 0.00000363. The highest BCUT2D eigenvalue weighted by atomic mass is 127. The van der Waals surface area contributed by atoms with Crippen molar-refractivity contribution in [1.29, 1.82) is 0 Å². The Morgan fingerprint density at radius 3 is 2.50 bits per heavy atom. The van der Waals surface area contributed by atoms with E-state index in [0.29, 0.717) is 31.4 Å². The molecule has 0 aliphatic carbocycles. The SMILES string of the molecule is CN=C(NCCCNC(=O)c1occc1C)NCc1ccccc1-n1nc(C)cc1C.I. The maximum Gasteiger partial charge on any atom is 0.287 e. The predicted octanol–water partition coefficient (Wildman–Crippen LogP) is 3.49. The predicted molar refractivity (Wildman–Crippen MR) is 137 cm³/mol. The summed E-state index contributed by atoms with van der Waals surface area (Å²) in [6.45, 7) is 7.73. The quantitative estimate of drug-likeness (QED) is 0.173. The van der Waals surface area contributed by atoms with Crippen LogP contribution in [-0.2, 0) is 6.54 Å². The van der Waals surface area contributed by atoms with Crippen LogP contribution in [0.2, 0.25) is 0 Å². The summed E-state index contributed by atoms with van der Waals surface area (Å²) in [5, 5.41) is 14.1. The molecular formula is C23H31IN6O2. The van der Waals surface area contributed by atoms with Crippen molar-refractivity contribution >= 4 is 35.8 Å². The van der Waals surface area contributed by atoms with E-state index in [1.165, 1.54) is 6.26 Å². The number of carbonyl (C=O) groups excluding carboxylic acids is 1. The molecule has 0 saturated carbocycles. The number of furan rings is 1. The van der Waals surface area contributed by atoms with Crippen LogP contribution in [0.4, 0.5) is 0 Å². The fourth-order valence-electron chi connectivity index (χ4n) is 3.32. The molecule has 0 unspecified atom stereocenters. The van der Waals surface area contributed by atoms with Crippen molar-refractivity contribution in [3.05, 3.63) is 70.9 Å². The smallest absolute Gasteiger partial charge is 0.287 e. The molecule has 8 nitrogen and oxygen atoms in total. The fraction of sp³-hybridized carbons (Fsp3) is 0.348. The number of para-hydroxylation sites is 1. The molecule has 9 heteroatoms. The Labute approximate surface area is 205 Å². The van der Waals surface area contributed by atoms with Gasteiger partial charge in [-0.05, 0) is 51.0 Å². The lowest BCUT2D eigenvalue weighted by Crippen LogP contribution is -2.38. The van der Waals surface area contributed by atoms with Gasteiger partial charge in [0.1, 0.15) is 0 Å². The van der Waals surface area contributed by atoms with E-state index in [0.717, 1.165) is 34.6 Å². The van der Waals surface area contributed by atoms with Gasteiger partial charge in [-0.2, -0.15) is 5.10 Å². The number of hydrogen-bond acceptors (Lipinski definition) is 4. The monoisotopic (exact) mass is 550 g/mol. The van der Waals surface area contributed by atoms with Crippen molar-refractivity contribution in [2.75, 3.05) is 20.1 Å². The first kappa shape index (κ1) is 25.4.